The van der Waals surface area contributed by atoms with Crippen LogP contribution in [0.15, 0.2) is 12.1 Å². The van der Waals surface area contributed by atoms with Crippen LogP contribution in [0, 0.1) is 0 Å². The van der Waals surface area contributed by atoms with E-state index in [2.05, 4.69) is 29.0 Å². The van der Waals surface area contributed by atoms with Gasteiger partial charge in [-0.1, -0.05) is 18.5 Å². The Balaban J connectivity index is 2.12. The minimum absolute atomic E-state index is 0.258. The monoisotopic (exact) mass is 269 g/mol. The molecule has 1 atom stereocenters. The molecular formula is C13H20ClN3O. The standard InChI is InChI=1S/C13H20ClN3O/c1-3-15-8-12-11(14)4-5-13(16-12)17-6-7-18-10(2)9-17/h4-5,10,15H,3,6-9H2,1-2H3. The number of anilines is 1. The fourth-order valence-electron chi connectivity index (χ4n) is 2.04. The molecule has 1 unspecified atom stereocenters. The average Bonchev–Trinajstić information content (AvgIpc) is 2.38. The Morgan fingerprint density at radius 3 is 3.11 bits per heavy atom. The molecular weight excluding hydrogens is 250 g/mol. The predicted octanol–water partition coefficient (Wildman–Crippen LogP) is 2.07. The molecule has 2 rings (SSSR count). The lowest BCUT2D eigenvalue weighted by Gasteiger charge is -2.32. The number of morpholine rings is 1. The van der Waals surface area contributed by atoms with Gasteiger partial charge in [0.2, 0.25) is 0 Å². The number of nitrogens with one attached hydrogen (secondary N) is 1. The molecule has 1 aliphatic heterocycles. The largest absolute Gasteiger partial charge is 0.375 e. The van der Waals surface area contributed by atoms with Crippen LogP contribution >= 0.6 is 11.6 Å². The van der Waals surface area contributed by atoms with E-state index >= 15 is 0 Å². The lowest BCUT2D eigenvalue weighted by atomic mass is 10.2. The van der Waals surface area contributed by atoms with Crippen LogP contribution in [-0.2, 0) is 11.3 Å². The van der Waals surface area contributed by atoms with E-state index in [-0.39, 0.29) is 6.10 Å². The maximum Gasteiger partial charge on any atom is 0.129 e. The van der Waals surface area contributed by atoms with E-state index in [0.717, 1.165) is 42.8 Å². The first-order chi connectivity index (χ1) is 8.70. The average molecular weight is 270 g/mol. The van der Waals surface area contributed by atoms with Crippen molar-refractivity contribution < 1.29 is 4.74 Å². The van der Waals surface area contributed by atoms with E-state index in [1.165, 1.54) is 0 Å². The number of ether oxygens (including phenoxy) is 1. The molecule has 0 radical (unpaired) electrons. The van der Waals surface area contributed by atoms with Gasteiger partial charge in [-0.05, 0) is 25.6 Å². The van der Waals surface area contributed by atoms with Crippen LogP contribution in [0.3, 0.4) is 0 Å². The zero-order chi connectivity index (χ0) is 13.0. The molecule has 1 N–H and O–H groups in total. The van der Waals surface area contributed by atoms with Crippen molar-refractivity contribution in [2.24, 2.45) is 0 Å². The summed E-state index contributed by atoms with van der Waals surface area (Å²) in [5, 5.41) is 3.98. The van der Waals surface area contributed by atoms with Crippen LogP contribution in [-0.4, -0.2) is 37.3 Å². The van der Waals surface area contributed by atoms with E-state index < -0.39 is 0 Å². The highest BCUT2D eigenvalue weighted by Crippen LogP contribution is 2.21. The van der Waals surface area contributed by atoms with Crippen molar-refractivity contribution in [2.45, 2.75) is 26.5 Å². The number of aromatic nitrogens is 1. The highest BCUT2D eigenvalue weighted by atomic mass is 35.5. The molecule has 0 bridgehead atoms. The topological polar surface area (TPSA) is 37.4 Å². The van der Waals surface area contributed by atoms with E-state index in [0.29, 0.717) is 6.54 Å². The van der Waals surface area contributed by atoms with E-state index in [1.54, 1.807) is 0 Å². The van der Waals surface area contributed by atoms with Gasteiger partial charge in [-0.2, -0.15) is 0 Å². The fraction of sp³-hybridized carbons (Fsp3) is 0.615. The molecule has 0 saturated carbocycles. The third-order valence-corrected chi connectivity index (χ3v) is 3.36. The Hall–Kier alpha value is -0.840. The third-order valence-electron chi connectivity index (χ3n) is 3.01. The quantitative estimate of drug-likeness (QED) is 0.908. The molecule has 1 saturated heterocycles. The summed E-state index contributed by atoms with van der Waals surface area (Å²) in [5.41, 5.74) is 0.912. The summed E-state index contributed by atoms with van der Waals surface area (Å²) in [4.78, 5) is 6.89. The van der Waals surface area contributed by atoms with E-state index in [1.807, 2.05) is 12.1 Å². The molecule has 0 aliphatic carbocycles. The Bertz CT molecular complexity index is 400. The minimum Gasteiger partial charge on any atom is -0.375 e. The van der Waals surface area contributed by atoms with Gasteiger partial charge >= 0.3 is 0 Å². The van der Waals surface area contributed by atoms with Crippen molar-refractivity contribution in [3.63, 3.8) is 0 Å². The van der Waals surface area contributed by atoms with Crippen LogP contribution in [0.2, 0.25) is 5.02 Å². The van der Waals surface area contributed by atoms with Gasteiger partial charge in [0.15, 0.2) is 0 Å². The van der Waals surface area contributed by atoms with Crippen molar-refractivity contribution in [1.29, 1.82) is 0 Å². The lowest BCUT2D eigenvalue weighted by Crippen LogP contribution is -2.41. The normalized spacial score (nSPS) is 20.2. The first-order valence-corrected chi connectivity index (χ1v) is 6.81. The van der Waals surface area contributed by atoms with Gasteiger partial charge in [-0.25, -0.2) is 4.98 Å². The molecule has 1 fully saturated rings. The summed E-state index contributed by atoms with van der Waals surface area (Å²) >= 11 is 6.15. The molecule has 0 spiro atoms. The molecule has 18 heavy (non-hydrogen) atoms. The SMILES string of the molecule is CCNCc1nc(N2CCOC(C)C2)ccc1Cl. The zero-order valence-electron chi connectivity index (χ0n) is 10.9. The highest BCUT2D eigenvalue weighted by molar-refractivity contribution is 6.31. The molecule has 5 heteroatoms. The molecule has 0 aromatic carbocycles. The Kier molecular flexibility index (Phi) is 4.80. The first kappa shape index (κ1) is 13.6. The smallest absolute Gasteiger partial charge is 0.129 e. The van der Waals surface area contributed by atoms with E-state index in [4.69, 9.17) is 16.3 Å². The fourth-order valence-corrected chi connectivity index (χ4v) is 2.21. The van der Waals surface area contributed by atoms with Gasteiger partial charge in [0.05, 0.1) is 23.4 Å². The summed E-state index contributed by atoms with van der Waals surface area (Å²) in [5.74, 6) is 0.988. The van der Waals surface area contributed by atoms with Gasteiger partial charge in [-0.3, -0.25) is 0 Å². The first-order valence-electron chi connectivity index (χ1n) is 6.43. The molecule has 1 aliphatic rings. The number of halogens is 1. The van der Waals surface area contributed by atoms with Crippen LogP contribution in [0.25, 0.3) is 0 Å². The van der Waals surface area contributed by atoms with Crippen molar-refractivity contribution in [3.05, 3.63) is 22.8 Å². The summed E-state index contributed by atoms with van der Waals surface area (Å²) < 4.78 is 5.54. The van der Waals surface area contributed by atoms with Crippen LogP contribution in [0.1, 0.15) is 19.5 Å². The van der Waals surface area contributed by atoms with Gasteiger partial charge in [0, 0.05) is 19.6 Å². The zero-order valence-corrected chi connectivity index (χ0v) is 11.7. The molecule has 2 heterocycles. The summed E-state index contributed by atoms with van der Waals surface area (Å²) in [6, 6.07) is 3.91. The Morgan fingerprint density at radius 1 is 1.56 bits per heavy atom. The number of nitrogens with zero attached hydrogens (tertiary/aromatic N) is 2. The van der Waals surface area contributed by atoms with E-state index in [9.17, 15) is 0 Å². The molecule has 1 aromatic rings. The molecule has 4 nitrogen and oxygen atoms in total. The molecule has 0 amide bonds. The Morgan fingerprint density at radius 2 is 2.39 bits per heavy atom. The van der Waals surface area contributed by atoms with Gasteiger partial charge in [0.25, 0.3) is 0 Å². The molecule has 1 aromatic heterocycles. The predicted molar refractivity (Wildman–Crippen MR) is 74.3 cm³/mol. The van der Waals surface area contributed by atoms with Crippen molar-refractivity contribution in [1.82, 2.24) is 10.3 Å². The summed E-state index contributed by atoms with van der Waals surface area (Å²) in [7, 11) is 0. The second-order valence-electron chi connectivity index (χ2n) is 4.51. The third kappa shape index (κ3) is 3.34. The minimum atomic E-state index is 0.258. The maximum absolute atomic E-state index is 6.15. The maximum atomic E-state index is 6.15. The van der Waals surface area contributed by atoms with Crippen molar-refractivity contribution in [3.8, 4) is 0 Å². The second-order valence-corrected chi connectivity index (χ2v) is 4.91. The lowest BCUT2D eigenvalue weighted by molar-refractivity contribution is 0.0529. The van der Waals surface area contributed by atoms with Crippen molar-refractivity contribution >= 4 is 17.4 Å². The number of hydrogen-bond acceptors (Lipinski definition) is 4. The highest BCUT2D eigenvalue weighted by Gasteiger charge is 2.18. The second kappa shape index (κ2) is 6.36. The Labute approximate surface area is 113 Å². The van der Waals surface area contributed by atoms with Crippen molar-refractivity contribution in [2.75, 3.05) is 31.1 Å². The summed E-state index contributed by atoms with van der Waals surface area (Å²) in [6.07, 6.45) is 0.258. The molecule has 100 valence electrons. The van der Waals surface area contributed by atoms with Crippen LogP contribution in [0.5, 0.6) is 0 Å². The summed E-state index contributed by atoms with van der Waals surface area (Å²) in [6.45, 7) is 8.31. The van der Waals surface area contributed by atoms with Gasteiger partial charge < -0.3 is 15.0 Å². The van der Waals surface area contributed by atoms with Gasteiger partial charge in [-0.15, -0.1) is 0 Å². The van der Waals surface area contributed by atoms with Crippen LogP contribution < -0.4 is 10.2 Å². The number of hydrogen-bond donors (Lipinski definition) is 1. The van der Waals surface area contributed by atoms with Crippen LogP contribution in [0.4, 0.5) is 5.82 Å². The number of rotatable bonds is 4. The number of pyridine rings is 1. The van der Waals surface area contributed by atoms with Gasteiger partial charge in [0.1, 0.15) is 5.82 Å².